The Hall–Kier alpha value is -0.700. The van der Waals surface area contributed by atoms with Crippen LogP contribution in [0, 0.1) is 4.91 Å². The molecule has 0 amide bonds. The Morgan fingerprint density at radius 1 is 1.80 bits per heavy atom. The van der Waals surface area contributed by atoms with Gasteiger partial charge in [-0.1, -0.05) is 11.3 Å². The van der Waals surface area contributed by atoms with Crippen molar-refractivity contribution in [1.82, 2.24) is 5.32 Å². The zero-order valence-corrected chi connectivity index (χ0v) is 6.13. The Morgan fingerprint density at radius 2 is 2.60 bits per heavy atom. The summed E-state index contributed by atoms with van der Waals surface area (Å²) in [7, 11) is 0. The molecule has 1 heterocycles. The van der Waals surface area contributed by atoms with Gasteiger partial charge in [-0.25, -0.2) is 0 Å². The molecule has 10 heavy (non-hydrogen) atoms. The third-order valence-corrected chi connectivity index (χ3v) is 1.75. The summed E-state index contributed by atoms with van der Waals surface area (Å²) in [4.78, 5) is 10.1. The molecule has 1 aliphatic heterocycles. The van der Waals surface area contributed by atoms with Crippen molar-refractivity contribution in [3.8, 4) is 0 Å². The third kappa shape index (κ3) is 1.64. The normalized spacial score (nSPS) is 21.5. The fraction of sp³-hybridized carbons (Fsp3) is 0.714. The van der Waals surface area contributed by atoms with Crippen molar-refractivity contribution in [1.29, 1.82) is 0 Å². The first-order chi connectivity index (χ1) is 4.84. The molecule has 0 spiro atoms. The Kier molecular flexibility index (Phi) is 2.57. The molecule has 0 aromatic carbocycles. The number of hydrogen-bond donors (Lipinski definition) is 1. The van der Waals surface area contributed by atoms with Gasteiger partial charge < -0.3 is 5.32 Å². The highest BCUT2D eigenvalue weighted by molar-refractivity contribution is 5.13. The summed E-state index contributed by atoms with van der Waals surface area (Å²) >= 11 is 0. The highest BCUT2D eigenvalue weighted by Crippen LogP contribution is 2.08. The van der Waals surface area contributed by atoms with E-state index in [1.54, 1.807) is 0 Å². The zero-order valence-electron chi connectivity index (χ0n) is 6.13. The van der Waals surface area contributed by atoms with Crippen molar-refractivity contribution in [3.63, 3.8) is 0 Å². The van der Waals surface area contributed by atoms with Crippen molar-refractivity contribution < 1.29 is 0 Å². The van der Waals surface area contributed by atoms with Crippen LogP contribution in [0.1, 0.15) is 13.3 Å². The molecule has 3 heteroatoms. The molecule has 1 aliphatic rings. The Labute approximate surface area is 60.5 Å². The van der Waals surface area contributed by atoms with E-state index in [9.17, 15) is 4.91 Å². The molecule has 0 fully saturated rings. The van der Waals surface area contributed by atoms with E-state index in [4.69, 9.17) is 0 Å². The quantitative estimate of drug-likeness (QED) is 0.460. The van der Waals surface area contributed by atoms with E-state index in [0.29, 0.717) is 0 Å². The molecule has 3 nitrogen and oxygen atoms in total. The number of rotatable bonds is 2. The van der Waals surface area contributed by atoms with Crippen LogP contribution in [0.3, 0.4) is 0 Å². The molecule has 0 bridgehead atoms. The Morgan fingerprint density at radius 3 is 3.10 bits per heavy atom. The number of nitrogens with one attached hydrogen (secondary N) is 1. The number of nitrogens with zero attached hydrogens (tertiary/aromatic N) is 1. The lowest BCUT2D eigenvalue weighted by atomic mass is 10.1. The topological polar surface area (TPSA) is 41.5 Å². The predicted octanol–water partition coefficient (Wildman–Crippen LogP) is 1.06. The van der Waals surface area contributed by atoms with Crippen LogP contribution in [-0.4, -0.2) is 19.1 Å². The van der Waals surface area contributed by atoms with Gasteiger partial charge in [0.25, 0.3) is 0 Å². The van der Waals surface area contributed by atoms with Crippen LogP contribution in [0.2, 0.25) is 0 Å². The lowest BCUT2D eigenvalue weighted by molar-refractivity contribution is 0.658. The van der Waals surface area contributed by atoms with E-state index in [2.05, 4.69) is 16.6 Å². The van der Waals surface area contributed by atoms with Gasteiger partial charge in [0.1, 0.15) is 6.04 Å². The standard InChI is InChI=1S/C7H12N2O/c1-6(9-10)7-3-2-4-8-5-7/h3,6,8H,2,4-5H2,1H3. The first-order valence-electron chi connectivity index (χ1n) is 3.56. The van der Waals surface area contributed by atoms with E-state index in [1.807, 2.05) is 6.92 Å². The molecule has 0 aromatic heterocycles. The van der Waals surface area contributed by atoms with Gasteiger partial charge in [0.05, 0.1) is 0 Å². The Bertz CT molecular complexity index is 154. The summed E-state index contributed by atoms with van der Waals surface area (Å²) in [6.07, 6.45) is 3.12. The second-order valence-corrected chi connectivity index (χ2v) is 2.53. The van der Waals surface area contributed by atoms with Crippen molar-refractivity contribution in [3.05, 3.63) is 16.6 Å². The molecule has 1 unspecified atom stereocenters. The van der Waals surface area contributed by atoms with E-state index in [1.165, 1.54) is 0 Å². The number of hydrogen-bond acceptors (Lipinski definition) is 3. The van der Waals surface area contributed by atoms with Gasteiger partial charge in [0.2, 0.25) is 0 Å². The van der Waals surface area contributed by atoms with Gasteiger partial charge in [-0.2, -0.15) is 4.91 Å². The summed E-state index contributed by atoms with van der Waals surface area (Å²) in [5.74, 6) is 0. The van der Waals surface area contributed by atoms with Gasteiger partial charge in [-0.3, -0.25) is 0 Å². The van der Waals surface area contributed by atoms with Gasteiger partial charge in [-0.15, -0.1) is 0 Å². The molecule has 0 saturated heterocycles. The minimum absolute atomic E-state index is 0.146. The van der Waals surface area contributed by atoms with Crippen LogP contribution < -0.4 is 5.32 Å². The summed E-state index contributed by atoms with van der Waals surface area (Å²) in [5.41, 5.74) is 1.13. The summed E-state index contributed by atoms with van der Waals surface area (Å²) in [6.45, 7) is 3.67. The van der Waals surface area contributed by atoms with Crippen LogP contribution in [0.4, 0.5) is 0 Å². The zero-order chi connectivity index (χ0) is 7.40. The van der Waals surface area contributed by atoms with Crippen LogP contribution in [0.15, 0.2) is 16.8 Å². The maximum absolute atomic E-state index is 10.1. The maximum atomic E-state index is 10.1. The molecule has 1 rings (SSSR count). The van der Waals surface area contributed by atoms with Crippen molar-refractivity contribution in [2.45, 2.75) is 19.4 Å². The summed E-state index contributed by atoms with van der Waals surface area (Å²) in [5, 5.41) is 6.14. The number of nitroso groups, excluding NO2 is 1. The van der Waals surface area contributed by atoms with Crippen LogP contribution in [0.25, 0.3) is 0 Å². The van der Waals surface area contributed by atoms with Gasteiger partial charge in [0, 0.05) is 6.54 Å². The van der Waals surface area contributed by atoms with E-state index >= 15 is 0 Å². The predicted molar refractivity (Wildman–Crippen MR) is 40.8 cm³/mol. The second-order valence-electron chi connectivity index (χ2n) is 2.53. The smallest absolute Gasteiger partial charge is 0.111 e. The van der Waals surface area contributed by atoms with E-state index in [-0.39, 0.29) is 6.04 Å². The lowest BCUT2D eigenvalue weighted by Crippen LogP contribution is -2.26. The third-order valence-electron chi connectivity index (χ3n) is 1.75. The first-order valence-corrected chi connectivity index (χ1v) is 3.56. The molecule has 0 radical (unpaired) electrons. The minimum atomic E-state index is -0.146. The molecule has 1 N–H and O–H groups in total. The molecule has 1 atom stereocenters. The second kappa shape index (κ2) is 3.46. The SMILES string of the molecule is CC(N=O)C1=CCCNC1. The average molecular weight is 140 g/mol. The van der Waals surface area contributed by atoms with Crippen LogP contribution >= 0.6 is 0 Å². The fourth-order valence-electron chi connectivity index (χ4n) is 1.05. The minimum Gasteiger partial charge on any atom is -0.313 e. The van der Waals surface area contributed by atoms with E-state index < -0.39 is 0 Å². The summed E-state index contributed by atoms with van der Waals surface area (Å²) in [6, 6.07) is -0.146. The highest BCUT2D eigenvalue weighted by atomic mass is 16.3. The van der Waals surface area contributed by atoms with Gasteiger partial charge in [0.15, 0.2) is 0 Å². The van der Waals surface area contributed by atoms with Crippen molar-refractivity contribution in [2.24, 2.45) is 5.18 Å². The fourth-order valence-corrected chi connectivity index (χ4v) is 1.05. The molecular weight excluding hydrogens is 128 g/mol. The molecule has 56 valence electrons. The molecule has 0 aromatic rings. The highest BCUT2D eigenvalue weighted by Gasteiger charge is 2.09. The molecule has 0 saturated carbocycles. The van der Waals surface area contributed by atoms with Gasteiger partial charge in [-0.05, 0) is 25.5 Å². The van der Waals surface area contributed by atoms with Crippen LogP contribution in [-0.2, 0) is 0 Å². The van der Waals surface area contributed by atoms with Gasteiger partial charge >= 0.3 is 0 Å². The maximum Gasteiger partial charge on any atom is 0.111 e. The van der Waals surface area contributed by atoms with E-state index in [0.717, 1.165) is 25.1 Å². The largest absolute Gasteiger partial charge is 0.313 e. The monoisotopic (exact) mass is 140 g/mol. The Balaban J connectivity index is 2.52. The average Bonchev–Trinajstić information content (AvgIpc) is 2.05. The molecule has 0 aliphatic carbocycles. The lowest BCUT2D eigenvalue weighted by Gasteiger charge is -2.14. The van der Waals surface area contributed by atoms with Crippen LogP contribution in [0.5, 0.6) is 0 Å². The van der Waals surface area contributed by atoms with Crippen molar-refractivity contribution in [2.75, 3.05) is 13.1 Å². The first kappa shape index (κ1) is 7.41. The van der Waals surface area contributed by atoms with Crippen molar-refractivity contribution >= 4 is 0 Å². The summed E-state index contributed by atoms with van der Waals surface area (Å²) < 4.78 is 0. The molecular formula is C7H12N2O.